The summed E-state index contributed by atoms with van der Waals surface area (Å²) in [5.74, 6) is -0.0619. The average molecular weight is 378 g/mol. The number of thiazole rings is 1. The number of nitrogens with one attached hydrogen (secondary N) is 1. The molecule has 1 N–H and O–H groups in total. The van der Waals surface area contributed by atoms with Crippen LogP contribution in [0.4, 0.5) is 5.69 Å². The summed E-state index contributed by atoms with van der Waals surface area (Å²) in [6.07, 6.45) is 0. The highest BCUT2D eigenvalue weighted by Gasteiger charge is 2.11. The molecule has 0 saturated heterocycles. The van der Waals surface area contributed by atoms with Crippen LogP contribution in [0.15, 0.2) is 46.5 Å². The summed E-state index contributed by atoms with van der Waals surface area (Å²) < 4.78 is 0. The number of hydrogen-bond donors (Lipinski definition) is 1. The monoisotopic (exact) mass is 377 g/mol. The lowest BCUT2D eigenvalue weighted by atomic mass is 10.3. The molecule has 0 saturated carbocycles. The third-order valence-electron chi connectivity index (χ3n) is 3.29. The van der Waals surface area contributed by atoms with Crippen molar-refractivity contribution in [1.82, 2.24) is 9.88 Å². The molecule has 0 spiro atoms. The predicted molar refractivity (Wildman–Crippen MR) is 102 cm³/mol. The molecule has 2 aromatic heterocycles. The zero-order valence-electron chi connectivity index (χ0n) is 13.0. The Morgan fingerprint density at radius 2 is 2.04 bits per heavy atom. The second-order valence-electron chi connectivity index (χ2n) is 5.38. The molecule has 0 atom stereocenters. The smallest absolute Gasteiger partial charge is 0.238 e. The van der Waals surface area contributed by atoms with Gasteiger partial charge in [-0.25, -0.2) is 4.98 Å². The first kappa shape index (κ1) is 17.1. The van der Waals surface area contributed by atoms with E-state index < -0.39 is 0 Å². The number of nitrogens with zero attached hydrogens (tertiary/aromatic N) is 2. The van der Waals surface area contributed by atoms with Gasteiger partial charge in [-0.15, -0.1) is 11.3 Å². The zero-order chi connectivity index (χ0) is 16.9. The summed E-state index contributed by atoms with van der Waals surface area (Å²) in [7, 11) is 1.91. The van der Waals surface area contributed by atoms with Gasteiger partial charge in [0.05, 0.1) is 12.2 Å². The van der Waals surface area contributed by atoms with Crippen LogP contribution in [-0.4, -0.2) is 29.4 Å². The lowest BCUT2D eigenvalue weighted by molar-refractivity contribution is -0.117. The Morgan fingerprint density at radius 3 is 2.75 bits per heavy atom. The van der Waals surface area contributed by atoms with E-state index in [9.17, 15) is 4.79 Å². The number of rotatable bonds is 6. The van der Waals surface area contributed by atoms with E-state index in [0.717, 1.165) is 22.0 Å². The van der Waals surface area contributed by atoms with Crippen LogP contribution >= 0.6 is 34.3 Å². The van der Waals surface area contributed by atoms with Crippen molar-refractivity contribution in [3.63, 3.8) is 0 Å². The van der Waals surface area contributed by atoms with E-state index in [2.05, 4.69) is 21.7 Å². The molecule has 0 fully saturated rings. The molecule has 1 amide bonds. The van der Waals surface area contributed by atoms with Gasteiger partial charge in [0.15, 0.2) is 0 Å². The first-order chi connectivity index (χ1) is 11.6. The Hall–Kier alpha value is -1.73. The lowest BCUT2D eigenvalue weighted by Crippen LogP contribution is -2.29. The summed E-state index contributed by atoms with van der Waals surface area (Å²) >= 11 is 9.13. The van der Waals surface area contributed by atoms with E-state index in [0.29, 0.717) is 18.1 Å². The molecule has 3 aromatic rings. The highest BCUT2D eigenvalue weighted by molar-refractivity contribution is 7.14. The van der Waals surface area contributed by atoms with Crippen molar-refractivity contribution in [3.05, 3.63) is 57.2 Å². The molecule has 0 unspecified atom stereocenters. The van der Waals surface area contributed by atoms with E-state index in [-0.39, 0.29) is 5.91 Å². The standard InChI is InChI=1S/C17H16ClN3OS2/c1-21(9-16(22)19-14-4-2-13(18)3-5-14)8-15-11-24-17(20-15)12-6-7-23-10-12/h2-7,10-11H,8-9H2,1H3,(H,19,22). The summed E-state index contributed by atoms with van der Waals surface area (Å²) in [4.78, 5) is 18.7. The second-order valence-corrected chi connectivity index (χ2v) is 7.46. The van der Waals surface area contributed by atoms with Crippen LogP contribution in [0.3, 0.4) is 0 Å². The molecular formula is C17H16ClN3OS2. The molecule has 0 aliphatic carbocycles. The maximum Gasteiger partial charge on any atom is 0.238 e. The van der Waals surface area contributed by atoms with Gasteiger partial charge in [0.1, 0.15) is 5.01 Å². The van der Waals surface area contributed by atoms with Crippen LogP contribution in [0, 0.1) is 0 Å². The molecule has 0 bridgehead atoms. The Labute approximate surface area is 153 Å². The minimum atomic E-state index is -0.0619. The van der Waals surface area contributed by atoms with Gasteiger partial charge in [0.25, 0.3) is 0 Å². The second kappa shape index (κ2) is 7.90. The van der Waals surface area contributed by atoms with Gasteiger partial charge >= 0.3 is 0 Å². The molecule has 2 heterocycles. The van der Waals surface area contributed by atoms with E-state index >= 15 is 0 Å². The maximum atomic E-state index is 12.1. The first-order valence-electron chi connectivity index (χ1n) is 7.31. The van der Waals surface area contributed by atoms with Gasteiger partial charge in [-0.3, -0.25) is 9.69 Å². The summed E-state index contributed by atoms with van der Waals surface area (Å²) in [6.45, 7) is 0.933. The van der Waals surface area contributed by atoms with Crippen LogP contribution in [0.2, 0.25) is 5.02 Å². The van der Waals surface area contributed by atoms with E-state index in [1.54, 1.807) is 46.9 Å². The zero-order valence-corrected chi connectivity index (χ0v) is 15.4. The van der Waals surface area contributed by atoms with Gasteiger partial charge in [0, 0.05) is 33.6 Å². The Kier molecular flexibility index (Phi) is 5.63. The number of aromatic nitrogens is 1. The number of carbonyl (C=O) groups excluding carboxylic acids is 1. The van der Waals surface area contributed by atoms with Gasteiger partial charge in [-0.2, -0.15) is 11.3 Å². The molecule has 0 aliphatic rings. The van der Waals surface area contributed by atoms with E-state index in [1.807, 2.05) is 22.7 Å². The van der Waals surface area contributed by atoms with E-state index in [4.69, 9.17) is 11.6 Å². The van der Waals surface area contributed by atoms with Gasteiger partial charge in [0.2, 0.25) is 5.91 Å². The first-order valence-corrected chi connectivity index (χ1v) is 9.51. The van der Waals surface area contributed by atoms with Crippen LogP contribution in [0.1, 0.15) is 5.69 Å². The number of hydrogen-bond acceptors (Lipinski definition) is 5. The van der Waals surface area contributed by atoms with Crippen molar-refractivity contribution in [3.8, 4) is 10.6 Å². The molecule has 0 aliphatic heterocycles. The average Bonchev–Trinajstić information content (AvgIpc) is 3.20. The molecule has 3 rings (SSSR count). The van der Waals surface area contributed by atoms with Gasteiger partial charge in [-0.05, 0) is 42.8 Å². The summed E-state index contributed by atoms with van der Waals surface area (Å²) in [6, 6.07) is 9.14. The Bertz CT molecular complexity index is 800. The number of thiophene rings is 1. The highest BCUT2D eigenvalue weighted by atomic mass is 35.5. The van der Waals surface area contributed by atoms with Crippen molar-refractivity contribution < 1.29 is 4.79 Å². The van der Waals surface area contributed by atoms with Crippen LogP contribution in [0.25, 0.3) is 10.6 Å². The van der Waals surface area contributed by atoms with E-state index in [1.165, 1.54) is 0 Å². The minimum absolute atomic E-state index is 0.0619. The molecule has 0 radical (unpaired) electrons. The Morgan fingerprint density at radius 1 is 1.25 bits per heavy atom. The molecule has 7 heteroatoms. The minimum Gasteiger partial charge on any atom is -0.325 e. The van der Waals surface area contributed by atoms with Crippen LogP contribution < -0.4 is 5.32 Å². The van der Waals surface area contributed by atoms with Crippen LogP contribution in [-0.2, 0) is 11.3 Å². The fraction of sp³-hybridized carbons (Fsp3) is 0.176. The van der Waals surface area contributed by atoms with Gasteiger partial charge in [-0.1, -0.05) is 11.6 Å². The Balaban J connectivity index is 1.52. The number of anilines is 1. The molecular weight excluding hydrogens is 362 g/mol. The normalized spacial score (nSPS) is 11.0. The maximum absolute atomic E-state index is 12.1. The summed E-state index contributed by atoms with van der Waals surface area (Å²) in [5, 5.41) is 10.7. The van der Waals surface area contributed by atoms with Crippen molar-refractivity contribution in [2.75, 3.05) is 18.9 Å². The number of amides is 1. The van der Waals surface area contributed by atoms with Crippen molar-refractivity contribution in [2.24, 2.45) is 0 Å². The molecule has 4 nitrogen and oxygen atoms in total. The number of carbonyl (C=O) groups is 1. The third-order valence-corrected chi connectivity index (χ3v) is 5.17. The number of likely N-dealkylation sites (N-methyl/N-ethyl adjacent to an activating group) is 1. The quantitative estimate of drug-likeness (QED) is 0.683. The third kappa shape index (κ3) is 4.64. The SMILES string of the molecule is CN(CC(=O)Nc1ccc(Cl)cc1)Cc1csc(-c2ccsc2)n1. The fourth-order valence-corrected chi connectivity index (χ4v) is 3.86. The van der Waals surface area contributed by atoms with Crippen molar-refractivity contribution in [1.29, 1.82) is 0 Å². The van der Waals surface area contributed by atoms with Crippen LogP contribution in [0.5, 0.6) is 0 Å². The molecule has 124 valence electrons. The number of benzene rings is 1. The molecule has 24 heavy (non-hydrogen) atoms. The molecule has 1 aromatic carbocycles. The van der Waals surface area contributed by atoms with Crippen molar-refractivity contribution >= 4 is 45.9 Å². The lowest BCUT2D eigenvalue weighted by Gasteiger charge is -2.15. The van der Waals surface area contributed by atoms with Gasteiger partial charge < -0.3 is 5.32 Å². The number of halogens is 1. The predicted octanol–water partition coefficient (Wildman–Crippen LogP) is 4.60. The summed E-state index contributed by atoms with van der Waals surface area (Å²) in [5.41, 5.74) is 2.87. The van der Waals surface area contributed by atoms with Crippen molar-refractivity contribution in [2.45, 2.75) is 6.54 Å². The largest absolute Gasteiger partial charge is 0.325 e. The fourth-order valence-electron chi connectivity index (χ4n) is 2.21. The topological polar surface area (TPSA) is 45.2 Å². The highest BCUT2D eigenvalue weighted by Crippen LogP contribution is 2.26.